The Morgan fingerprint density at radius 2 is 2.30 bits per heavy atom. The second-order valence-corrected chi connectivity index (χ2v) is 6.19. The molecule has 0 aliphatic carbocycles. The highest BCUT2D eigenvalue weighted by Gasteiger charge is 2.28. The number of rotatable bonds is 3. The molecule has 2 heterocycles. The molecule has 20 heavy (non-hydrogen) atoms. The SMILES string of the molecule is CC1(CNC(=O)c2sccc2C#CCN)CCOCC1. The van der Waals surface area contributed by atoms with Crippen LogP contribution in [0.15, 0.2) is 11.4 Å². The van der Waals surface area contributed by atoms with E-state index in [4.69, 9.17) is 10.5 Å². The zero-order valence-electron chi connectivity index (χ0n) is 11.7. The Balaban J connectivity index is 1.96. The van der Waals surface area contributed by atoms with Gasteiger partial charge in [0.15, 0.2) is 0 Å². The first-order valence-corrected chi connectivity index (χ1v) is 7.65. The number of nitrogens with one attached hydrogen (secondary N) is 1. The fourth-order valence-electron chi connectivity index (χ4n) is 2.14. The molecule has 0 aromatic carbocycles. The van der Waals surface area contributed by atoms with E-state index in [1.807, 2.05) is 11.4 Å². The summed E-state index contributed by atoms with van der Waals surface area (Å²) >= 11 is 1.41. The van der Waals surface area contributed by atoms with E-state index in [1.54, 1.807) is 0 Å². The minimum atomic E-state index is -0.0472. The Morgan fingerprint density at radius 3 is 3.00 bits per heavy atom. The second kappa shape index (κ2) is 6.89. The summed E-state index contributed by atoms with van der Waals surface area (Å²) in [5.41, 5.74) is 6.25. The van der Waals surface area contributed by atoms with Gasteiger partial charge < -0.3 is 15.8 Å². The molecule has 5 heteroatoms. The van der Waals surface area contributed by atoms with Crippen LogP contribution in [0.25, 0.3) is 0 Å². The maximum absolute atomic E-state index is 12.2. The van der Waals surface area contributed by atoms with Crippen LogP contribution in [0, 0.1) is 17.3 Å². The van der Waals surface area contributed by atoms with Gasteiger partial charge in [0, 0.05) is 25.3 Å². The minimum Gasteiger partial charge on any atom is -0.381 e. The van der Waals surface area contributed by atoms with Gasteiger partial charge >= 0.3 is 0 Å². The van der Waals surface area contributed by atoms with Crippen molar-refractivity contribution in [1.29, 1.82) is 0 Å². The van der Waals surface area contributed by atoms with E-state index in [9.17, 15) is 4.79 Å². The van der Waals surface area contributed by atoms with Crippen LogP contribution < -0.4 is 11.1 Å². The van der Waals surface area contributed by atoms with Gasteiger partial charge in [0.05, 0.1) is 6.54 Å². The first-order chi connectivity index (χ1) is 9.64. The smallest absolute Gasteiger partial charge is 0.262 e. The third-order valence-electron chi connectivity index (χ3n) is 3.57. The summed E-state index contributed by atoms with van der Waals surface area (Å²) < 4.78 is 5.37. The largest absolute Gasteiger partial charge is 0.381 e. The van der Waals surface area contributed by atoms with Crippen molar-refractivity contribution in [3.8, 4) is 11.8 Å². The monoisotopic (exact) mass is 292 g/mol. The lowest BCUT2D eigenvalue weighted by Gasteiger charge is -2.33. The first-order valence-electron chi connectivity index (χ1n) is 6.77. The zero-order chi connectivity index (χ0) is 14.4. The van der Waals surface area contributed by atoms with E-state index in [1.165, 1.54) is 11.3 Å². The third kappa shape index (κ3) is 3.83. The average molecular weight is 292 g/mol. The number of thiophene rings is 1. The summed E-state index contributed by atoms with van der Waals surface area (Å²) in [6.07, 6.45) is 1.97. The van der Waals surface area contributed by atoms with Gasteiger partial charge in [-0.25, -0.2) is 0 Å². The van der Waals surface area contributed by atoms with Gasteiger partial charge in [-0.15, -0.1) is 11.3 Å². The van der Waals surface area contributed by atoms with Gasteiger partial charge in [0.25, 0.3) is 5.91 Å². The molecule has 1 aliphatic rings. The van der Waals surface area contributed by atoms with E-state index >= 15 is 0 Å². The summed E-state index contributed by atoms with van der Waals surface area (Å²) in [6.45, 7) is 4.72. The Bertz CT molecular complexity index is 521. The van der Waals surface area contributed by atoms with E-state index in [2.05, 4.69) is 24.1 Å². The van der Waals surface area contributed by atoms with E-state index in [0.29, 0.717) is 18.0 Å². The highest BCUT2D eigenvalue weighted by atomic mass is 32.1. The maximum Gasteiger partial charge on any atom is 0.262 e. The van der Waals surface area contributed by atoms with E-state index in [-0.39, 0.29) is 11.3 Å². The van der Waals surface area contributed by atoms with Crippen molar-refractivity contribution in [3.05, 3.63) is 21.9 Å². The quantitative estimate of drug-likeness (QED) is 0.832. The second-order valence-electron chi connectivity index (χ2n) is 5.28. The van der Waals surface area contributed by atoms with Crippen LogP contribution >= 0.6 is 11.3 Å². The molecular formula is C15H20N2O2S. The molecule has 0 unspecified atom stereocenters. The number of amides is 1. The first kappa shape index (κ1) is 15.0. The van der Waals surface area contributed by atoms with Crippen LogP contribution in [0.3, 0.4) is 0 Å². The molecule has 0 atom stereocenters. The molecule has 4 nitrogen and oxygen atoms in total. The number of ether oxygens (including phenoxy) is 1. The summed E-state index contributed by atoms with van der Waals surface area (Å²) in [6, 6.07) is 1.86. The Labute approximate surface area is 123 Å². The molecule has 3 N–H and O–H groups in total. The van der Waals surface area contributed by atoms with Crippen LogP contribution in [0.4, 0.5) is 0 Å². The molecule has 1 amide bonds. The van der Waals surface area contributed by atoms with Crippen molar-refractivity contribution in [1.82, 2.24) is 5.32 Å². The van der Waals surface area contributed by atoms with Crippen LogP contribution in [-0.2, 0) is 4.74 Å². The number of hydrogen-bond donors (Lipinski definition) is 2. The van der Waals surface area contributed by atoms with Crippen molar-refractivity contribution >= 4 is 17.2 Å². The van der Waals surface area contributed by atoms with E-state index < -0.39 is 0 Å². The lowest BCUT2D eigenvalue weighted by molar-refractivity contribution is 0.0239. The molecule has 108 valence electrons. The minimum absolute atomic E-state index is 0.0472. The van der Waals surface area contributed by atoms with Crippen LogP contribution in [-0.4, -0.2) is 32.2 Å². The molecule has 1 aromatic heterocycles. The van der Waals surface area contributed by atoms with Gasteiger partial charge in [-0.1, -0.05) is 18.8 Å². The molecule has 0 radical (unpaired) electrons. The number of nitrogens with two attached hydrogens (primary N) is 1. The number of carbonyl (C=O) groups excluding carboxylic acids is 1. The lowest BCUT2D eigenvalue weighted by Crippen LogP contribution is -2.39. The topological polar surface area (TPSA) is 64.4 Å². The number of hydrogen-bond acceptors (Lipinski definition) is 4. The third-order valence-corrected chi connectivity index (χ3v) is 4.49. The molecule has 2 rings (SSSR count). The fourth-order valence-corrected chi connectivity index (χ4v) is 2.91. The zero-order valence-corrected chi connectivity index (χ0v) is 12.5. The van der Waals surface area contributed by atoms with Gasteiger partial charge in [-0.05, 0) is 29.7 Å². The van der Waals surface area contributed by atoms with E-state index in [0.717, 1.165) is 31.6 Å². The van der Waals surface area contributed by atoms with Crippen molar-refractivity contribution in [2.45, 2.75) is 19.8 Å². The summed E-state index contributed by atoms with van der Waals surface area (Å²) in [4.78, 5) is 12.9. The molecule has 0 saturated carbocycles. The predicted octanol–water partition coefficient (Wildman–Crippen LogP) is 1.60. The van der Waals surface area contributed by atoms with Gasteiger partial charge in [0.2, 0.25) is 0 Å². The van der Waals surface area contributed by atoms with Crippen LogP contribution in [0.2, 0.25) is 0 Å². The van der Waals surface area contributed by atoms with Crippen molar-refractivity contribution in [2.75, 3.05) is 26.3 Å². The van der Waals surface area contributed by atoms with Gasteiger partial charge in [0.1, 0.15) is 4.88 Å². The van der Waals surface area contributed by atoms with Crippen molar-refractivity contribution < 1.29 is 9.53 Å². The maximum atomic E-state index is 12.2. The molecular weight excluding hydrogens is 272 g/mol. The summed E-state index contributed by atoms with van der Waals surface area (Å²) in [5, 5.41) is 4.91. The molecule has 1 aliphatic heterocycles. The normalized spacial score (nSPS) is 17.1. The average Bonchev–Trinajstić information content (AvgIpc) is 2.92. The summed E-state index contributed by atoms with van der Waals surface area (Å²) in [5.74, 6) is 5.68. The highest BCUT2D eigenvalue weighted by molar-refractivity contribution is 7.12. The van der Waals surface area contributed by atoms with Crippen molar-refractivity contribution in [3.63, 3.8) is 0 Å². The Kier molecular flexibility index (Phi) is 5.18. The van der Waals surface area contributed by atoms with Crippen LogP contribution in [0.5, 0.6) is 0 Å². The molecule has 0 spiro atoms. The van der Waals surface area contributed by atoms with Gasteiger partial charge in [-0.3, -0.25) is 4.79 Å². The lowest BCUT2D eigenvalue weighted by atomic mass is 9.82. The standard InChI is InChI=1S/C15H20N2O2S/c1-15(5-8-19-9-6-15)11-17-14(18)13-12(3-2-7-16)4-10-20-13/h4,10H,5-9,11,16H2,1H3,(H,17,18). The van der Waals surface area contributed by atoms with Gasteiger partial charge in [-0.2, -0.15) is 0 Å². The molecule has 1 saturated heterocycles. The van der Waals surface area contributed by atoms with Crippen LogP contribution in [0.1, 0.15) is 35.0 Å². The predicted molar refractivity (Wildman–Crippen MR) is 80.7 cm³/mol. The molecule has 1 fully saturated rings. The molecule has 0 bridgehead atoms. The molecule has 1 aromatic rings. The Morgan fingerprint density at radius 1 is 1.55 bits per heavy atom. The summed E-state index contributed by atoms with van der Waals surface area (Å²) in [7, 11) is 0. The highest BCUT2D eigenvalue weighted by Crippen LogP contribution is 2.29. The Hall–Kier alpha value is -1.35. The van der Waals surface area contributed by atoms with Crippen molar-refractivity contribution in [2.24, 2.45) is 11.1 Å². The fraction of sp³-hybridized carbons (Fsp3) is 0.533. The number of carbonyl (C=O) groups is 1.